The number of nitrogens with two attached hydrogens (primary N) is 1. The molecule has 1 aromatic carbocycles. The van der Waals surface area contributed by atoms with Gasteiger partial charge in [-0.2, -0.15) is 0 Å². The Hall–Kier alpha value is -1.02. The van der Waals surface area contributed by atoms with Gasteiger partial charge < -0.3 is 11.1 Å². The maximum Gasteiger partial charge on any atom is 0.0376 e. The molecule has 0 saturated carbocycles. The van der Waals surface area contributed by atoms with E-state index in [-0.39, 0.29) is 0 Å². The molecule has 82 valence electrons. The van der Waals surface area contributed by atoms with Gasteiger partial charge in [0.25, 0.3) is 0 Å². The molecule has 2 heteroatoms. The Morgan fingerprint density at radius 2 is 2.33 bits per heavy atom. The normalized spacial score (nSPS) is 20.9. The van der Waals surface area contributed by atoms with E-state index in [2.05, 4.69) is 37.4 Å². The first kappa shape index (κ1) is 10.5. The SMILES string of the molecule is Cc1ccc2c(c1)C(CC(C)CN)CN2. The molecule has 1 aromatic rings. The molecule has 0 aliphatic carbocycles. The molecule has 0 saturated heterocycles. The zero-order valence-corrected chi connectivity index (χ0v) is 9.59. The van der Waals surface area contributed by atoms with Crippen molar-refractivity contribution < 1.29 is 0 Å². The fraction of sp³-hybridized carbons (Fsp3) is 0.538. The van der Waals surface area contributed by atoms with Gasteiger partial charge in [0.2, 0.25) is 0 Å². The van der Waals surface area contributed by atoms with Crippen LogP contribution in [0, 0.1) is 12.8 Å². The van der Waals surface area contributed by atoms with Crippen LogP contribution in [0.25, 0.3) is 0 Å². The molecular weight excluding hydrogens is 184 g/mol. The summed E-state index contributed by atoms with van der Waals surface area (Å²) < 4.78 is 0. The maximum absolute atomic E-state index is 5.68. The molecule has 0 fully saturated rings. The van der Waals surface area contributed by atoms with E-state index in [0.717, 1.165) is 13.1 Å². The molecule has 1 aliphatic rings. The Labute approximate surface area is 91.9 Å². The number of nitrogens with one attached hydrogen (secondary N) is 1. The Balaban J connectivity index is 2.16. The number of rotatable bonds is 3. The zero-order valence-electron chi connectivity index (χ0n) is 9.59. The van der Waals surface area contributed by atoms with Gasteiger partial charge >= 0.3 is 0 Å². The van der Waals surface area contributed by atoms with Crippen molar-refractivity contribution in [3.63, 3.8) is 0 Å². The third kappa shape index (κ3) is 2.15. The van der Waals surface area contributed by atoms with Crippen LogP contribution in [0.2, 0.25) is 0 Å². The van der Waals surface area contributed by atoms with Gasteiger partial charge in [0, 0.05) is 18.2 Å². The van der Waals surface area contributed by atoms with Gasteiger partial charge in [-0.1, -0.05) is 24.6 Å². The van der Waals surface area contributed by atoms with Gasteiger partial charge in [0.1, 0.15) is 0 Å². The summed E-state index contributed by atoms with van der Waals surface area (Å²) in [7, 11) is 0. The lowest BCUT2D eigenvalue weighted by atomic mass is 9.90. The Morgan fingerprint density at radius 3 is 3.07 bits per heavy atom. The first-order valence-electron chi connectivity index (χ1n) is 5.75. The van der Waals surface area contributed by atoms with E-state index in [1.165, 1.54) is 23.2 Å². The minimum atomic E-state index is 0.614. The van der Waals surface area contributed by atoms with Gasteiger partial charge in [-0.05, 0) is 37.4 Å². The molecule has 2 nitrogen and oxygen atoms in total. The van der Waals surface area contributed by atoms with Crippen LogP contribution in [-0.4, -0.2) is 13.1 Å². The first-order chi connectivity index (χ1) is 7.20. The summed E-state index contributed by atoms with van der Waals surface area (Å²) in [5.74, 6) is 1.27. The van der Waals surface area contributed by atoms with Crippen molar-refractivity contribution >= 4 is 5.69 Å². The largest absolute Gasteiger partial charge is 0.384 e. The van der Waals surface area contributed by atoms with Crippen LogP contribution >= 0.6 is 0 Å². The highest BCUT2D eigenvalue weighted by Gasteiger charge is 2.23. The summed E-state index contributed by atoms with van der Waals surface area (Å²) in [6.07, 6.45) is 1.19. The van der Waals surface area contributed by atoms with Crippen molar-refractivity contribution in [2.24, 2.45) is 11.7 Å². The topological polar surface area (TPSA) is 38.0 Å². The van der Waals surface area contributed by atoms with Crippen LogP contribution in [-0.2, 0) is 0 Å². The molecule has 0 radical (unpaired) electrons. The average Bonchev–Trinajstić information content (AvgIpc) is 2.61. The quantitative estimate of drug-likeness (QED) is 0.794. The Morgan fingerprint density at radius 1 is 1.53 bits per heavy atom. The second-order valence-corrected chi connectivity index (χ2v) is 4.75. The highest BCUT2D eigenvalue weighted by Crippen LogP contribution is 2.35. The second-order valence-electron chi connectivity index (χ2n) is 4.75. The first-order valence-corrected chi connectivity index (χ1v) is 5.75. The van der Waals surface area contributed by atoms with Gasteiger partial charge in [0.05, 0.1) is 0 Å². The minimum absolute atomic E-state index is 0.614. The monoisotopic (exact) mass is 204 g/mol. The minimum Gasteiger partial charge on any atom is -0.384 e. The molecule has 0 amide bonds. The third-order valence-electron chi connectivity index (χ3n) is 3.28. The van der Waals surface area contributed by atoms with E-state index < -0.39 is 0 Å². The van der Waals surface area contributed by atoms with E-state index >= 15 is 0 Å². The van der Waals surface area contributed by atoms with Crippen LogP contribution in [0.5, 0.6) is 0 Å². The molecule has 15 heavy (non-hydrogen) atoms. The predicted molar refractivity (Wildman–Crippen MR) is 65.2 cm³/mol. The van der Waals surface area contributed by atoms with Crippen molar-refractivity contribution in [1.82, 2.24) is 0 Å². The molecule has 3 N–H and O–H groups in total. The number of anilines is 1. The summed E-state index contributed by atoms with van der Waals surface area (Å²) in [6.45, 7) is 6.25. The van der Waals surface area contributed by atoms with Crippen molar-refractivity contribution in [2.75, 3.05) is 18.4 Å². The van der Waals surface area contributed by atoms with Gasteiger partial charge in [-0.15, -0.1) is 0 Å². The Kier molecular flexibility index (Phi) is 2.96. The van der Waals surface area contributed by atoms with Crippen molar-refractivity contribution in [3.05, 3.63) is 29.3 Å². The average molecular weight is 204 g/mol. The van der Waals surface area contributed by atoms with E-state index in [1.807, 2.05) is 0 Å². The molecule has 0 bridgehead atoms. The lowest BCUT2D eigenvalue weighted by Gasteiger charge is -2.15. The summed E-state index contributed by atoms with van der Waals surface area (Å²) in [5.41, 5.74) is 9.83. The van der Waals surface area contributed by atoms with Gasteiger partial charge in [-0.3, -0.25) is 0 Å². The molecule has 1 heterocycles. The number of hydrogen-bond donors (Lipinski definition) is 2. The van der Waals surface area contributed by atoms with Crippen LogP contribution in [0.3, 0.4) is 0 Å². The molecule has 2 rings (SSSR count). The summed E-state index contributed by atoms with van der Waals surface area (Å²) in [4.78, 5) is 0. The Bertz CT molecular complexity index is 346. The molecule has 2 atom stereocenters. The molecule has 1 aliphatic heterocycles. The molecule has 2 unspecified atom stereocenters. The van der Waals surface area contributed by atoms with E-state index in [1.54, 1.807) is 0 Å². The zero-order chi connectivity index (χ0) is 10.8. The molecule has 0 spiro atoms. The highest BCUT2D eigenvalue weighted by molar-refractivity contribution is 5.58. The number of benzene rings is 1. The predicted octanol–water partition coefficient (Wildman–Crippen LogP) is 2.49. The fourth-order valence-corrected chi connectivity index (χ4v) is 2.32. The second kappa shape index (κ2) is 4.23. The maximum atomic E-state index is 5.68. The van der Waals surface area contributed by atoms with Crippen LogP contribution in [0.1, 0.15) is 30.4 Å². The number of aryl methyl sites for hydroxylation is 1. The van der Waals surface area contributed by atoms with E-state index in [4.69, 9.17) is 5.73 Å². The van der Waals surface area contributed by atoms with Crippen molar-refractivity contribution in [2.45, 2.75) is 26.2 Å². The van der Waals surface area contributed by atoms with Gasteiger partial charge in [0.15, 0.2) is 0 Å². The van der Waals surface area contributed by atoms with Crippen molar-refractivity contribution in [3.8, 4) is 0 Å². The number of fused-ring (bicyclic) bond motifs is 1. The fourth-order valence-electron chi connectivity index (χ4n) is 2.32. The number of hydrogen-bond acceptors (Lipinski definition) is 2. The van der Waals surface area contributed by atoms with E-state index in [9.17, 15) is 0 Å². The van der Waals surface area contributed by atoms with Gasteiger partial charge in [-0.25, -0.2) is 0 Å². The van der Waals surface area contributed by atoms with E-state index in [0.29, 0.717) is 11.8 Å². The van der Waals surface area contributed by atoms with Crippen molar-refractivity contribution in [1.29, 1.82) is 0 Å². The summed E-state index contributed by atoms with van der Waals surface area (Å²) in [6, 6.07) is 6.67. The third-order valence-corrected chi connectivity index (χ3v) is 3.28. The van der Waals surface area contributed by atoms with Crippen LogP contribution in [0.15, 0.2) is 18.2 Å². The smallest absolute Gasteiger partial charge is 0.0376 e. The van der Waals surface area contributed by atoms with Crippen LogP contribution < -0.4 is 11.1 Å². The summed E-state index contributed by atoms with van der Waals surface area (Å²) in [5, 5.41) is 3.47. The summed E-state index contributed by atoms with van der Waals surface area (Å²) >= 11 is 0. The highest BCUT2D eigenvalue weighted by atomic mass is 14.9. The van der Waals surface area contributed by atoms with Crippen LogP contribution in [0.4, 0.5) is 5.69 Å². The lowest BCUT2D eigenvalue weighted by Crippen LogP contribution is -2.15. The lowest BCUT2D eigenvalue weighted by molar-refractivity contribution is 0.493. The standard InChI is InChI=1S/C13H20N2/c1-9-3-4-13-12(6-9)11(8-15-13)5-10(2)7-14/h3-4,6,10-11,15H,5,7-8,14H2,1-2H3. The molecular formula is C13H20N2. The molecule has 0 aromatic heterocycles.